The molecule has 0 radical (unpaired) electrons. The third kappa shape index (κ3) is 3.12. The maximum atomic E-state index is 13.0. The molecule has 1 aliphatic rings. The molecule has 2 N–H and O–H groups in total. The van der Waals surface area contributed by atoms with E-state index < -0.39 is 0 Å². The summed E-state index contributed by atoms with van der Waals surface area (Å²) in [5, 5.41) is 6.95. The topological polar surface area (TPSA) is 77.0 Å². The van der Waals surface area contributed by atoms with Crippen molar-refractivity contribution in [2.45, 2.75) is 25.2 Å². The molecule has 3 aromatic rings. The molecule has 1 fully saturated rings. The molecule has 7 heteroatoms. The number of carbonyl (C=O) groups is 1. The molecule has 27 heavy (non-hydrogen) atoms. The molecule has 1 amide bonds. The monoisotopic (exact) mass is 381 g/mol. The number of benzene rings is 1. The number of rotatable bonds is 3. The van der Waals surface area contributed by atoms with Gasteiger partial charge < -0.3 is 10.6 Å². The number of anilines is 1. The van der Waals surface area contributed by atoms with Crippen LogP contribution in [0.15, 0.2) is 41.9 Å². The van der Waals surface area contributed by atoms with E-state index in [0.717, 1.165) is 24.2 Å². The van der Waals surface area contributed by atoms with Crippen molar-refractivity contribution < 1.29 is 4.79 Å². The van der Waals surface area contributed by atoms with Crippen LogP contribution in [-0.4, -0.2) is 38.7 Å². The molecular weight excluding hydrogens is 358 g/mol. The fraction of sp³-hybridized carbons (Fsp3) is 0.350. The fourth-order valence-electron chi connectivity index (χ4n) is 4.03. The van der Waals surface area contributed by atoms with Gasteiger partial charge >= 0.3 is 0 Å². The van der Waals surface area contributed by atoms with Gasteiger partial charge in [-0.05, 0) is 25.3 Å². The minimum atomic E-state index is -0.198. The Bertz CT molecular complexity index is 954. The first-order valence-corrected chi connectivity index (χ1v) is 9.94. The van der Waals surface area contributed by atoms with Crippen LogP contribution in [0.2, 0.25) is 0 Å². The first kappa shape index (κ1) is 17.7. The Hall–Kier alpha value is -2.67. The highest BCUT2D eigenvalue weighted by Gasteiger charge is 2.41. The number of carbonyl (C=O) groups excluding carboxylic acids is 1. The first-order chi connectivity index (χ1) is 13.0. The smallest absolute Gasteiger partial charge is 0.257 e. The lowest BCUT2D eigenvalue weighted by molar-refractivity contribution is 0.0683. The first-order valence-electron chi connectivity index (χ1n) is 9.06. The van der Waals surface area contributed by atoms with E-state index in [1.165, 1.54) is 16.9 Å². The second kappa shape index (κ2) is 6.81. The Labute approximate surface area is 162 Å². The number of aryl methyl sites for hydroxylation is 2. The molecule has 140 valence electrons. The number of hydrogen-bond donors (Lipinski definition) is 1. The normalized spacial score (nSPS) is 16.4. The van der Waals surface area contributed by atoms with Crippen LogP contribution in [-0.2, 0) is 12.5 Å². The van der Waals surface area contributed by atoms with Crippen molar-refractivity contribution >= 4 is 22.4 Å². The number of likely N-dealkylation sites (tertiary alicyclic amines) is 1. The number of hydrogen-bond acceptors (Lipinski definition) is 5. The maximum Gasteiger partial charge on any atom is 0.257 e. The lowest BCUT2D eigenvalue weighted by Crippen LogP contribution is -2.46. The average molecular weight is 382 g/mol. The van der Waals surface area contributed by atoms with Crippen molar-refractivity contribution in [3.8, 4) is 0 Å². The van der Waals surface area contributed by atoms with Gasteiger partial charge in [-0.3, -0.25) is 9.48 Å². The van der Waals surface area contributed by atoms with Crippen LogP contribution < -0.4 is 5.73 Å². The van der Waals surface area contributed by atoms with Gasteiger partial charge in [-0.15, -0.1) is 11.3 Å². The number of thiazole rings is 1. The summed E-state index contributed by atoms with van der Waals surface area (Å²) in [5.41, 5.74) is 9.43. The number of amides is 1. The van der Waals surface area contributed by atoms with Crippen molar-refractivity contribution in [3.63, 3.8) is 0 Å². The molecule has 1 aromatic carbocycles. The van der Waals surface area contributed by atoms with E-state index in [0.29, 0.717) is 23.8 Å². The number of nitrogen functional groups attached to an aromatic ring is 1. The van der Waals surface area contributed by atoms with Gasteiger partial charge in [-0.2, -0.15) is 5.10 Å². The van der Waals surface area contributed by atoms with Gasteiger partial charge in [0, 0.05) is 37.1 Å². The van der Waals surface area contributed by atoms with Crippen molar-refractivity contribution in [1.82, 2.24) is 19.7 Å². The maximum absolute atomic E-state index is 13.0. The predicted molar refractivity (Wildman–Crippen MR) is 107 cm³/mol. The Balaban J connectivity index is 1.62. The van der Waals surface area contributed by atoms with E-state index in [9.17, 15) is 4.79 Å². The van der Waals surface area contributed by atoms with Crippen LogP contribution >= 0.6 is 11.3 Å². The molecule has 2 aromatic heterocycles. The molecule has 1 aliphatic heterocycles. The molecular formula is C20H23N5OS. The van der Waals surface area contributed by atoms with Gasteiger partial charge in [0.05, 0.1) is 17.0 Å². The minimum Gasteiger partial charge on any atom is -0.375 e. The molecule has 0 saturated carbocycles. The van der Waals surface area contributed by atoms with Gasteiger partial charge in [0.2, 0.25) is 0 Å². The average Bonchev–Trinajstić information content (AvgIpc) is 3.27. The summed E-state index contributed by atoms with van der Waals surface area (Å²) in [7, 11) is 1.84. The fourth-order valence-corrected chi connectivity index (χ4v) is 4.69. The number of nitrogens with two attached hydrogens (primary N) is 1. The third-order valence-electron chi connectivity index (χ3n) is 5.49. The van der Waals surface area contributed by atoms with E-state index in [1.807, 2.05) is 24.9 Å². The van der Waals surface area contributed by atoms with Gasteiger partial charge in [0.15, 0.2) is 5.13 Å². The summed E-state index contributed by atoms with van der Waals surface area (Å²) >= 11 is 1.48. The molecule has 0 atom stereocenters. The molecule has 0 spiro atoms. The van der Waals surface area contributed by atoms with E-state index >= 15 is 0 Å². The number of nitrogens with zero attached hydrogens (tertiary/aromatic N) is 4. The lowest BCUT2D eigenvalue weighted by atomic mass is 9.70. The van der Waals surface area contributed by atoms with Gasteiger partial charge in [0.25, 0.3) is 5.91 Å². The molecule has 4 rings (SSSR count). The predicted octanol–water partition coefficient (Wildman–Crippen LogP) is 2.99. The van der Waals surface area contributed by atoms with Crippen LogP contribution in [0.25, 0.3) is 0 Å². The highest BCUT2D eigenvalue weighted by molar-refractivity contribution is 7.13. The molecule has 1 saturated heterocycles. The third-order valence-corrected chi connectivity index (χ3v) is 6.16. The zero-order valence-corrected chi connectivity index (χ0v) is 16.4. The molecule has 6 nitrogen and oxygen atoms in total. The van der Waals surface area contributed by atoms with Crippen molar-refractivity contribution in [1.29, 1.82) is 0 Å². The summed E-state index contributed by atoms with van der Waals surface area (Å²) < 4.78 is 1.69. The van der Waals surface area contributed by atoms with Crippen LogP contribution in [0.1, 0.15) is 40.2 Å². The van der Waals surface area contributed by atoms with Crippen molar-refractivity contribution in [2.75, 3.05) is 18.8 Å². The van der Waals surface area contributed by atoms with Crippen LogP contribution in [0.3, 0.4) is 0 Å². The second-order valence-corrected chi connectivity index (χ2v) is 8.00. The standard InChI is InChI=1S/C20H23N5OS/c1-14-16(12-24(2)23-14)18(26)25-10-8-20(9-11-25,15-6-4-3-5-7-15)17-13-27-19(21)22-17/h3-7,12-13H,8-11H2,1-2H3,(H2,21,22). The Morgan fingerprint density at radius 3 is 2.48 bits per heavy atom. The van der Waals surface area contributed by atoms with E-state index in [2.05, 4.69) is 39.7 Å². The molecule has 0 bridgehead atoms. The highest BCUT2D eigenvalue weighted by atomic mass is 32.1. The molecule has 3 heterocycles. The Morgan fingerprint density at radius 2 is 1.93 bits per heavy atom. The zero-order chi connectivity index (χ0) is 19.0. The van der Waals surface area contributed by atoms with Gasteiger partial charge in [-0.1, -0.05) is 30.3 Å². The number of aromatic nitrogens is 3. The largest absolute Gasteiger partial charge is 0.375 e. The number of piperidine rings is 1. The molecule has 0 aliphatic carbocycles. The Kier molecular flexibility index (Phi) is 4.47. The molecule has 0 unspecified atom stereocenters. The van der Waals surface area contributed by atoms with Crippen molar-refractivity contribution in [2.24, 2.45) is 7.05 Å². The van der Waals surface area contributed by atoms with E-state index in [1.54, 1.807) is 10.9 Å². The summed E-state index contributed by atoms with van der Waals surface area (Å²) in [6.07, 6.45) is 3.45. The van der Waals surface area contributed by atoms with Gasteiger partial charge in [-0.25, -0.2) is 4.98 Å². The zero-order valence-electron chi connectivity index (χ0n) is 15.6. The highest BCUT2D eigenvalue weighted by Crippen LogP contribution is 2.42. The van der Waals surface area contributed by atoms with Crippen LogP contribution in [0.4, 0.5) is 5.13 Å². The summed E-state index contributed by atoms with van der Waals surface area (Å²) in [4.78, 5) is 19.5. The Morgan fingerprint density at radius 1 is 1.22 bits per heavy atom. The van der Waals surface area contributed by atoms with Gasteiger partial charge in [0.1, 0.15) is 0 Å². The van der Waals surface area contributed by atoms with Crippen molar-refractivity contribution in [3.05, 3.63) is 64.4 Å². The van der Waals surface area contributed by atoms with E-state index in [-0.39, 0.29) is 11.3 Å². The quantitative estimate of drug-likeness (QED) is 0.757. The summed E-state index contributed by atoms with van der Waals surface area (Å²) in [6.45, 7) is 3.24. The second-order valence-electron chi connectivity index (χ2n) is 7.11. The summed E-state index contributed by atoms with van der Waals surface area (Å²) in [6, 6.07) is 10.4. The minimum absolute atomic E-state index is 0.0556. The lowest BCUT2D eigenvalue weighted by Gasteiger charge is -2.41. The van der Waals surface area contributed by atoms with Crippen LogP contribution in [0.5, 0.6) is 0 Å². The van der Waals surface area contributed by atoms with E-state index in [4.69, 9.17) is 5.73 Å². The summed E-state index contributed by atoms with van der Waals surface area (Å²) in [5.74, 6) is 0.0556. The van der Waals surface area contributed by atoms with Crippen LogP contribution in [0, 0.1) is 6.92 Å². The SMILES string of the molecule is Cc1nn(C)cc1C(=O)N1CCC(c2ccccc2)(c2csc(N)n2)CC1.